The van der Waals surface area contributed by atoms with Crippen molar-refractivity contribution in [2.75, 3.05) is 6.54 Å². The van der Waals surface area contributed by atoms with Gasteiger partial charge in [-0.05, 0) is 31.4 Å². The number of amides is 1. The van der Waals surface area contributed by atoms with E-state index in [1.807, 2.05) is 0 Å². The second kappa shape index (κ2) is 6.28. The molecule has 1 atom stereocenters. The molecule has 0 heterocycles. The van der Waals surface area contributed by atoms with Gasteiger partial charge in [0.15, 0.2) is 0 Å². The Balaban J connectivity index is 2.12. The van der Waals surface area contributed by atoms with Crippen molar-refractivity contribution < 1.29 is 18.0 Å². The molecule has 0 bridgehead atoms. The number of rotatable bonds is 5. The molecule has 122 valence electrons. The molecule has 0 aliphatic heterocycles. The summed E-state index contributed by atoms with van der Waals surface area (Å²) in [4.78, 5) is 11.7. The van der Waals surface area contributed by atoms with Crippen LogP contribution in [0.4, 0.5) is 13.2 Å². The molecule has 0 spiro atoms. The molecule has 3 N–H and O–H groups in total. The zero-order chi connectivity index (χ0) is 16.4. The van der Waals surface area contributed by atoms with E-state index in [4.69, 9.17) is 5.73 Å². The third-order valence-corrected chi connectivity index (χ3v) is 4.24. The van der Waals surface area contributed by atoms with Crippen LogP contribution >= 0.6 is 0 Å². The molecule has 22 heavy (non-hydrogen) atoms. The van der Waals surface area contributed by atoms with Crippen LogP contribution in [0.15, 0.2) is 24.3 Å². The monoisotopic (exact) mass is 314 g/mol. The summed E-state index contributed by atoms with van der Waals surface area (Å²) < 4.78 is 38.6. The summed E-state index contributed by atoms with van der Waals surface area (Å²) in [5.74, 6) is -0.159. The Kier molecular flexibility index (Phi) is 4.80. The van der Waals surface area contributed by atoms with Crippen LogP contribution in [0.2, 0.25) is 0 Å². The van der Waals surface area contributed by atoms with Gasteiger partial charge in [-0.1, -0.05) is 24.6 Å². The normalized spacial score (nSPS) is 18.4. The first-order chi connectivity index (χ1) is 10.2. The van der Waals surface area contributed by atoms with Crippen molar-refractivity contribution >= 4 is 5.91 Å². The summed E-state index contributed by atoms with van der Waals surface area (Å²) in [6.45, 7) is 2.10. The summed E-state index contributed by atoms with van der Waals surface area (Å²) in [6, 6.07) is 5.20. The summed E-state index contributed by atoms with van der Waals surface area (Å²) >= 11 is 0. The molecule has 1 fully saturated rings. The molecule has 0 radical (unpaired) electrons. The van der Waals surface area contributed by atoms with Crippen molar-refractivity contribution in [1.82, 2.24) is 5.32 Å². The first-order valence-electron chi connectivity index (χ1n) is 7.43. The number of hydrogen-bond donors (Lipinski definition) is 2. The highest BCUT2D eigenvalue weighted by Gasteiger charge is 2.40. The van der Waals surface area contributed by atoms with Gasteiger partial charge in [0.2, 0.25) is 5.91 Å². The minimum atomic E-state index is -4.35. The molecule has 0 aromatic heterocycles. The first-order valence-corrected chi connectivity index (χ1v) is 7.43. The second-order valence-corrected chi connectivity index (χ2v) is 6.17. The number of carbonyl (C=O) groups excluding carboxylic acids is 1. The van der Waals surface area contributed by atoms with E-state index in [1.165, 1.54) is 12.1 Å². The largest absolute Gasteiger partial charge is 0.416 e. The molecule has 1 unspecified atom stereocenters. The Bertz CT molecular complexity index is 536. The summed E-state index contributed by atoms with van der Waals surface area (Å²) in [7, 11) is 0. The van der Waals surface area contributed by atoms with Gasteiger partial charge >= 0.3 is 6.18 Å². The van der Waals surface area contributed by atoms with E-state index < -0.39 is 11.7 Å². The van der Waals surface area contributed by atoms with E-state index in [2.05, 4.69) is 5.32 Å². The van der Waals surface area contributed by atoms with Crippen LogP contribution < -0.4 is 11.1 Å². The molecule has 1 amide bonds. The quantitative estimate of drug-likeness (QED) is 0.878. The van der Waals surface area contributed by atoms with Crippen LogP contribution in [0.1, 0.15) is 43.7 Å². The molecule has 1 aliphatic carbocycles. The van der Waals surface area contributed by atoms with E-state index in [9.17, 15) is 18.0 Å². The van der Waals surface area contributed by atoms with Gasteiger partial charge in [-0.15, -0.1) is 0 Å². The Hall–Kier alpha value is -1.56. The molecular formula is C16H21F3N2O. The molecule has 1 aliphatic rings. The van der Waals surface area contributed by atoms with Crippen molar-refractivity contribution in [2.24, 2.45) is 5.73 Å². The van der Waals surface area contributed by atoms with E-state index >= 15 is 0 Å². The minimum Gasteiger partial charge on any atom is -0.355 e. The number of nitrogens with one attached hydrogen (secondary N) is 1. The first kappa shape index (κ1) is 16.8. The lowest BCUT2D eigenvalue weighted by molar-refractivity contribution is -0.137. The molecular weight excluding hydrogens is 293 g/mol. The summed E-state index contributed by atoms with van der Waals surface area (Å²) in [5, 5.41) is 2.81. The maximum Gasteiger partial charge on any atom is 0.416 e. The summed E-state index contributed by atoms with van der Waals surface area (Å²) in [5.41, 5.74) is 5.20. The fourth-order valence-corrected chi connectivity index (χ4v) is 2.83. The molecule has 1 saturated carbocycles. The Morgan fingerprint density at radius 2 is 2.09 bits per heavy atom. The minimum absolute atomic E-state index is 0.159. The van der Waals surface area contributed by atoms with E-state index in [-0.39, 0.29) is 23.8 Å². The lowest BCUT2D eigenvalue weighted by Gasteiger charge is -2.43. The molecule has 1 aromatic carbocycles. The average molecular weight is 314 g/mol. The lowest BCUT2D eigenvalue weighted by atomic mass is 9.64. The average Bonchev–Trinajstić information content (AvgIpc) is 2.36. The maximum absolute atomic E-state index is 12.9. The number of hydrogen-bond acceptors (Lipinski definition) is 2. The van der Waals surface area contributed by atoms with Crippen molar-refractivity contribution in [3.63, 3.8) is 0 Å². The van der Waals surface area contributed by atoms with Gasteiger partial charge in [-0.25, -0.2) is 0 Å². The van der Waals surface area contributed by atoms with Crippen molar-refractivity contribution in [2.45, 2.75) is 50.2 Å². The van der Waals surface area contributed by atoms with Crippen molar-refractivity contribution in [3.05, 3.63) is 35.4 Å². The molecule has 3 nitrogen and oxygen atoms in total. The Morgan fingerprint density at radius 3 is 2.59 bits per heavy atom. The van der Waals surface area contributed by atoms with Gasteiger partial charge in [0.05, 0.1) is 5.56 Å². The lowest BCUT2D eigenvalue weighted by Crippen LogP contribution is -2.46. The van der Waals surface area contributed by atoms with Gasteiger partial charge in [0, 0.05) is 24.4 Å². The zero-order valence-corrected chi connectivity index (χ0v) is 12.5. The highest BCUT2D eigenvalue weighted by Crippen LogP contribution is 2.44. The predicted molar refractivity (Wildman–Crippen MR) is 78.2 cm³/mol. The summed E-state index contributed by atoms with van der Waals surface area (Å²) in [6.07, 6.45) is -1.60. The molecule has 0 saturated heterocycles. The fraction of sp³-hybridized carbons (Fsp3) is 0.562. The smallest absolute Gasteiger partial charge is 0.355 e. The van der Waals surface area contributed by atoms with E-state index in [0.717, 1.165) is 25.3 Å². The van der Waals surface area contributed by atoms with E-state index in [1.54, 1.807) is 13.0 Å². The molecule has 6 heteroatoms. The van der Waals surface area contributed by atoms with Gasteiger partial charge in [-0.3, -0.25) is 4.79 Å². The topological polar surface area (TPSA) is 55.1 Å². The Morgan fingerprint density at radius 1 is 1.41 bits per heavy atom. The van der Waals surface area contributed by atoms with Gasteiger partial charge in [-0.2, -0.15) is 13.2 Å². The Labute approximate surface area is 128 Å². The van der Waals surface area contributed by atoms with E-state index in [0.29, 0.717) is 12.1 Å². The number of halogens is 3. The van der Waals surface area contributed by atoms with Gasteiger partial charge < -0.3 is 11.1 Å². The van der Waals surface area contributed by atoms with Crippen LogP contribution in [-0.4, -0.2) is 18.5 Å². The number of alkyl halides is 3. The van der Waals surface area contributed by atoms with Crippen molar-refractivity contribution in [1.29, 1.82) is 0 Å². The third kappa shape index (κ3) is 3.80. The second-order valence-electron chi connectivity index (χ2n) is 6.17. The number of nitrogens with two attached hydrogens (primary N) is 1. The van der Waals surface area contributed by atoms with Gasteiger partial charge in [0.1, 0.15) is 0 Å². The molecule has 1 aromatic rings. The van der Waals surface area contributed by atoms with Crippen LogP contribution in [0, 0.1) is 0 Å². The fourth-order valence-electron chi connectivity index (χ4n) is 2.83. The van der Waals surface area contributed by atoms with Crippen LogP contribution in [0.25, 0.3) is 0 Å². The van der Waals surface area contributed by atoms with Crippen LogP contribution in [-0.2, 0) is 16.4 Å². The highest BCUT2D eigenvalue weighted by atomic mass is 19.4. The van der Waals surface area contributed by atoms with Crippen LogP contribution in [0.5, 0.6) is 0 Å². The van der Waals surface area contributed by atoms with Crippen molar-refractivity contribution in [3.8, 4) is 0 Å². The standard InChI is InChI=1S/C16H21F3N2O/c1-11(20)8-14(22)21-10-15(6-3-7-15)12-4-2-5-13(9-12)16(17,18)19/h2,4-5,9,11H,3,6-8,10,20H2,1H3,(H,21,22). The number of carbonyl (C=O) groups is 1. The highest BCUT2D eigenvalue weighted by molar-refractivity contribution is 5.76. The predicted octanol–water partition coefficient (Wildman–Crippen LogP) is 2.98. The zero-order valence-electron chi connectivity index (χ0n) is 12.5. The number of benzene rings is 1. The third-order valence-electron chi connectivity index (χ3n) is 4.24. The van der Waals surface area contributed by atoms with Gasteiger partial charge in [0.25, 0.3) is 0 Å². The maximum atomic E-state index is 12.9. The molecule has 2 rings (SSSR count). The SMILES string of the molecule is CC(N)CC(=O)NCC1(c2cccc(C(F)(F)F)c2)CCC1. The van der Waals surface area contributed by atoms with Crippen LogP contribution in [0.3, 0.4) is 0 Å².